The molecule has 2 aliphatic rings. The molecule has 2 saturated heterocycles. The molecule has 5 heteroatoms. The van der Waals surface area contributed by atoms with Crippen LogP contribution in [0.2, 0.25) is 0 Å². The van der Waals surface area contributed by atoms with Crippen molar-refractivity contribution < 1.29 is 14.3 Å². The standard InChI is InChI=1S/C14H22N2O3/c17-14-11-15(10-12-2-1-7-19-12)4-3-13(14)16-5-8-18-9-6-16/h1-2,7,13-14,17H,3-6,8-11H2/t13-,14-/m1/s1. The molecular weight excluding hydrogens is 244 g/mol. The van der Waals surface area contributed by atoms with Gasteiger partial charge >= 0.3 is 0 Å². The van der Waals surface area contributed by atoms with Gasteiger partial charge in [-0.25, -0.2) is 0 Å². The zero-order chi connectivity index (χ0) is 13.1. The van der Waals surface area contributed by atoms with Crippen molar-refractivity contribution in [2.75, 3.05) is 39.4 Å². The fourth-order valence-electron chi connectivity index (χ4n) is 3.09. The van der Waals surface area contributed by atoms with Gasteiger partial charge in [-0.15, -0.1) is 0 Å². The topological polar surface area (TPSA) is 49.1 Å². The van der Waals surface area contributed by atoms with E-state index in [2.05, 4.69) is 9.80 Å². The summed E-state index contributed by atoms with van der Waals surface area (Å²) in [4.78, 5) is 4.64. The lowest BCUT2D eigenvalue weighted by Gasteiger charge is -2.42. The molecule has 19 heavy (non-hydrogen) atoms. The van der Waals surface area contributed by atoms with E-state index in [0.29, 0.717) is 0 Å². The van der Waals surface area contributed by atoms with Gasteiger partial charge in [-0.1, -0.05) is 0 Å². The van der Waals surface area contributed by atoms with Gasteiger partial charge in [0.15, 0.2) is 0 Å². The first-order valence-electron chi connectivity index (χ1n) is 7.07. The van der Waals surface area contributed by atoms with Gasteiger partial charge in [-0.05, 0) is 18.6 Å². The van der Waals surface area contributed by atoms with Gasteiger partial charge in [-0.2, -0.15) is 0 Å². The van der Waals surface area contributed by atoms with Crippen molar-refractivity contribution in [2.45, 2.75) is 25.1 Å². The summed E-state index contributed by atoms with van der Waals surface area (Å²) in [5, 5.41) is 10.4. The zero-order valence-corrected chi connectivity index (χ0v) is 11.2. The average molecular weight is 266 g/mol. The van der Waals surface area contributed by atoms with Crippen LogP contribution in [0, 0.1) is 0 Å². The Bertz CT molecular complexity index is 376. The van der Waals surface area contributed by atoms with Crippen molar-refractivity contribution in [1.29, 1.82) is 0 Å². The normalized spacial score (nSPS) is 30.6. The second-order valence-electron chi connectivity index (χ2n) is 5.39. The lowest BCUT2D eigenvalue weighted by Crippen LogP contribution is -2.56. The van der Waals surface area contributed by atoms with E-state index in [4.69, 9.17) is 9.15 Å². The molecule has 0 spiro atoms. The summed E-state index contributed by atoms with van der Waals surface area (Å²) in [5.41, 5.74) is 0. The second kappa shape index (κ2) is 6.05. The summed E-state index contributed by atoms with van der Waals surface area (Å²) in [7, 11) is 0. The van der Waals surface area contributed by atoms with Gasteiger partial charge in [0, 0.05) is 32.2 Å². The molecule has 1 N–H and O–H groups in total. The van der Waals surface area contributed by atoms with E-state index >= 15 is 0 Å². The van der Waals surface area contributed by atoms with E-state index < -0.39 is 0 Å². The number of rotatable bonds is 3. The third-order valence-corrected chi connectivity index (χ3v) is 4.10. The lowest BCUT2D eigenvalue weighted by molar-refractivity contribution is -0.0541. The van der Waals surface area contributed by atoms with Gasteiger partial charge < -0.3 is 14.3 Å². The summed E-state index contributed by atoms with van der Waals surface area (Å²) in [6.45, 7) is 6.00. The Morgan fingerprint density at radius 3 is 2.79 bits per heavy atom. The minimum atomic E-state index is -0.276. The molecule has 1 aromatic rings. The predicted octanol–water partition coefficient (Wildman–Crippen LogP) is 0.547. The van der Waals surface area contributed by atoms with Crippen molar-refractivity contribution in [1.82, 2.24) is 9.80 Å². The van der Waals surface area contributed by atoms with Crippen LogP contribution in [0.15, 0.2) is 22.8 Å². The molecule has 5 nitrogen and oxygen atoms in total. The van der Waals surface area contributed by atoms with E-state index in [-0.39, 0.29) is 12.1 Å². The predicted molar refractivity (Wildman–Crippen MR) is 70.8 cm³/mol. The van der Waals surface area contributed by atoms with Crippen molar-refractivity contribution in [2.24, 2.45) is 0 Å². The molecule has 0 radical (unpaired) electrons. The minimum Gasteiger partial charge on any atom is -0.468 e. The summed E-state index contributed by atoms with van der Waals surface area (Å²) >= 11 is 0. The Morgan fingerprint density at radius 1 is 1.26 bits per heavy atom. The molecule has 0 aromatic carbocycles. The Morgan fingerprint density at radius 2 is 2.11 bits per heavy atom. The first kappa shape index (κ1) is 13.1. The summed E-state index contributed by atoms with van der Waals surface area (Å²) in [6, 6.07) is 4.18. The SMILES string of the molecule is O[C@@H]1CN(Cc2ccco2)CC[C@H]1N1CCOCC1. The number of hydrogen-bond acceptors (Lipinski definition) is 5. The third kappa shape index (κ3) is 3.17. The van der Waals surface area contributed by atoms with Crippen LogP contribution >= 0.6 is 0 Å². The number of aliphatic hydroxyl groups is 1. The molecule has 2 fully saturated rings. The number of ether oxygens (including phenoxy) is 1. The van der Waals surface area contributed by atoms with Crippen LogP contribution in [0.5, 0.6) is 0 Å². The van der Waals surface area contributed by atoms with E-state index in [1.807, 2.05) is 12.1 Å². The number of hydrogen-bond donors (Lipinski definition) is 1. The van der Waals surface area contributed by atoms with E-state index in [1.165, 1.54) is 0 Å². The molecule has 0 unspecified atom stereocenters. The number of β-amino-alcohol motifs (C(OH)–C–C–N with tert-alkyl or cyclic N) is 1. The second-order valence-corrected chi connectivity index (χ2v) is 5.39. The van der Waals surface area contributed by atoms with Crippen molar-refractivity contribution in [3.63, 3.8) is 0 Å². The van der Waals surface area contributed by atoms with Crippen LogP contribution in [0.3, 0.4) is 0 Å². The third-order valence-electron chi connectivity index (χ3n) is 4.10. The van der Waals surface area contributed by atoms with Gasteiger partial charge in [0.05, 0.1) is 32.1 Å². The lowest BCUT2D eigenvalue weighted by atomic mass is 9.99. The quantitative estimate of drug-likeness (QED) is 0.865. The molecule has 0 aliphatic carbocycles. The first-order chi connectivity index (χ1) is 9.33. The molecule has 3 rings (SSSR count). The van der Waals surface area contributed by atoms with Crippen molar-refractivity contribution in [3.05, 3.63) is 24.2 Å². The molecular formula is C14H22N2O3. The Kier molecular flexibility index (Phi) is 4.18. The van der Waals surface area contributed by atoms with Crippen LogP contribution in [0.25, 0.3) is 0 Å². The fourth-order valence-corrected chi connectivity index (χ4v) is 3.09. The highest BCUT2D eigenvalue weighted by Gasteiger charge is 2.32. The van der Waals surface area contributed by atoms with Crippen LogP contribution < -0.4 is 0 Å². The number of furan rings is 1. The van der Waals surface area contributed by atoms with Crippen molar-refractivity contribution >= 4 is 0 Å². The molecule has 3 heterocycles. The van der Waals surface area contributed by atoms with E-state index in [0.717, 1.165) is 58.1 Å². The first-order valence-corrected chi connectivity index (χ1v) is 7.07. The summed E-state index contributed by atoms with van der Waals surface area (Å²) in [6.07, 6.45) is 2.44. The fraction of sp³-hybridized carbons (Fsp3) is 0.714. The number of likely N-dealkylation sites (tertiary alicyclic amines) is 1. The van der Waals surface area contributed by atoms with Gasteiger partial charge in [-0.3, -0.25) is 9.80 Å². The Labute approximate surface area is 113 Å². The minimum absolute atomic E-state index is 0.276. The average Bonchev–Trinajstić information content (AvgIpc) is 2.93. The van der Waals surface area contributed by atoms with Gasteiger partial charge in [0.25, 0.3) is 0 Å². The maximum atomic E-state index is 10.4. The monoisotopic (exact) mass is 266 g/mol. The van der Waals surface area contributed by atoms with Crippen LogP contribution in [0.1, 0.15) is 12.2 Å². The molecule has 0 bridgehead atoms. The van der Waals surface area contributed by atoms with Gasteiger partial charge in [0.1, 0.15) is 5.76 Å². The Hall–Kier alpha value is -0.880. The highest BCUT2D eigenvalue weighted by atomic mass is 16.5. The van der Waals surface area contributed by atoms with E-state index in [9.17, 15) is 5.11 Å². The van der Waals surface area contributed by atoms with Crippen LogP contribution in [-0.4, -0.2) is 66.4 Å². The molecule has 2 atom stereocenters. The van der Waals surface area contributed by atoms with Gasteiger partial charge in [0.2, 0.25) is 0 Å². The van der Waals surface area contributed by atoms with Crippen LogP contribution in [-0.2, 0) is 11.3 Å². The van der Waals surface area contributed by atoms with Crippen LogP contribution in [0.4, 0.5) is 0 Å². The molecule has 0 amide bonds. The van der Waals surface area contributed by atoms with Crippen molar-refractivity contribution in [3.8, 4) is 0 Å². The summed E-state index contributed by atoms with van der Waals surface area (Å²) < 4.78 is 10.7. The number of aliphatic hydroxyl groups excluding tert-OH is 1. The summed E-state index contributed by atoms with van der Waals surface area (Å²) in [5.74, 6) is 0.969. The molecule has 2 aliphatic heterocycles. The maximum absolute atomic E-state index is 10.4. The Balaban J connectivity index is 1.53. The van der Waals surface area contributed by atoms with E-state index in [1.54, 1.807) is 6.26 Å². The molecule has 1 aromatic heterocycles. The highest BCUT2D eigenvalue weighted by Crippen LogP contribution is 2.20. The highest BCUT2D eigenvalue weighted by molar-refractivity contribution is 4.99. The number of morpholine rings is 1. The number of piperidine rings is 1. The molecule has 106 valence electrons. The molecule has 0 saturated carbocycles. The zero-order valence-electron chi connectivity index (χ0n) is 11.2. The maximum Gasteiger partial charge on any atom is 0.117 e. The smallest absolute Gasteiger partial charge is 0.117 e. The number of nitrogens with zero attached hydrogens (tertiary/aromatic N) is 2. The largest absolute Gasteiger partial charge is 0.468 e.